The summed E-state index contributed by atoms with van der Waals surface area (Å²) < 4.78 is 1.11. The van der Waals surface area contributed by atoms with Crippen LogP contribution in [0.25, 0.3) is 0 Å². The van der Waals surface area contributed by atoms with Gasteiger partial charge >= 0.3 is 0 Å². The first-order valence-corrected chi connectivity index (χ1v) is 7.12. The molecule has 1 heterocycles. The van der Waals surface area contributed by atoms with Gasteiger partial charge in [0.25, 0.3) is 0 Å². The van der Waals surface area contributed by atoms with Gasteiger partial charge in [-0.2, -0.15) is 0 Å². The second-order valence-corrected chi connectivity index (χ2v) is 6.45. The summed E-state index contributed by atoms with van der Waals surface area (Å²) in [5, 5.41) is 3.07. The fraction of sp³-hybridized carbons (Fsp3) is 0.154. The Labute approximate surface area is 119 Å². The van der Waals surface area contributed by atoms with Gasteiger partial charge in [0.1, 0.15) is 0 Å². The van der Waals surface area contributed by atoms with Gasteiger partial charge in [0.15, 0.2) is 5.96 Å². The Bertz CT molecular complexity index is 546. The molecule has 3 nitrogen and oxygen atoms in total. The molecule has 0 aliphatic rings. The number of thiophene rings is 1. The molecule has 0 aliphatic heterocycles. The zero-order chi connectivity index (χ0) is 13.0. The second-order valence-electron chi connectivity index (χ2n) is 3.90. The standard InChI is InChI=1S/C13H14BrN3S/c1-9-2-4-10(5-3-9)17-13(15)16-8-11-6-7-12(14)18-11/h2-7H,8H2,1H3,(H3,15,16,17). The predicted octanol–water partition coefficient (Wildman–Crippen LogP) is 3.75. The van der Waals surface area contributed by atoms with Crippen LogP contribution in [-0.4, -0.2) is 5.96 Å². The highest BCUT2D eigenvalue weighted by Crippen LogP contribution is 2.22. The number of rotatable bonds is 3. The fourth-order valence-corrected chi connectivity index (χ4v) is 2.83. The lowest BCUT2D eigenvalue weighted by Gasteiger charge is -2.05. The molecule has 18 heavy (non-hydrogen) atoms. The zero-order valence-corrected chi connectivity index (χ0v) is 12.4. The second kappa shape index (κ2) is 6.02. The van der Waals surface area contributed by atoms with Crippen molar-refractivity contribution in [3.05, 3.63) is 50.6 Å². The van der Waals surface area contributed by atoms with Gasteiger partial charge in [-0.25, -0.2) is 4.99 Å². The third-order valence-electron chi connectivity index (χ3n) is 2.36. The summed E-state index contributed by atoms with van der Waals surface area (Å²) >= 11 is 5.09. The van der Waals surface area contributed by atoms with Crippen molar-refractivity contribution in [3.63, 3.8) is 0 Å². The number of benzene rings is 1. The largest absolute Gasteiger partial charge is 0.370 e. The molecule has 0 bridgehead atoms. The third-order valence-corrected chi connectivity index (χ3v) is 3.97. The average molecular weight is 324 g/mol. The summed E-state index contributed by atoms with van der Waals surface area (Å²) in [6.07, 6.45) is 0. The minimum atomic E-state index is 0.434. The summed E-state index contributed by atoms with van der Waals surface area (Å²) in [6, 6.07) is 12.1. The average Bonchev–Trinajstić information content (AvgIpc) is 2.76. The Morgan fingerprint density at radius 3 is 2.61 bits per heavy atom. The van der Waals surface area contributed by atoms with E-state index >= 15 is 0 Å². The first-order valence-electron chi connectivity index (χ1n) is 5.51. The number of aryl methyl sites for hydroxylation is 1. The van der Waals surface area contributed by atoms with Crippen LogP contribution < -0.4 is 11.1 Å². The highest BCUT2D eigenvalue weighted by molar-refractivity contribution is 9.11. The van der Waals surface area contributed by atoms with Gasteiger partial charge in [0.05, 0.1) is 10.3 Å². The SMILES string of the molecule is Cc1ccc(NC(N)=NCc2ccc(Br)s2)cc1. The molecule has 2 aromatic rings. The van der Waals surface area contributed by atoms with Crippen LogP contribution >= 0.6 is 27.3 Å². The van der Waals surface area contributed by atoms with E-state index in [-0.39, 0.29) is 0 Å². The van der Waals surface area contributed by atoms with E-state index in [4.69, 9.17) is 5.73 Å². The van der Waals surface area contributed by atoms with E-state index < -0.39 is 0 Å². The maximum Gasteiger partial charge on any atom is 0.193 e. The van der Waals surface area contributed by atoms with E-state index in [1.807, 2.05) is 36.4 Å². The Morgan fingerprint density at radius 1 is 1.28 bits per heavy atom. The summed E-state index contributed by atoms with van der Waals surface area (Å²) in [6.45, 7) is 2.65. The van der Waals surface area contributed by atoms with Crippen molar-refractivity contribution in [2.45, 2.75) is 13.5 Å². The molecule has 0 saturated heterocycles. The lowest BCUT2D eigenvalue weighted by molar-refractivity contribution is 1.09. The van der Waals surface area contributed by atoms with Gasteiger partial charge in [-0.15, -0.1) is 11.3 Å². The van der Waals surface area contributed by atoms with Gasteiger partial charge < -0.3 is 11.1 Å². The number of hydrogen-bond acceptors (Lipinski definition) is 2. The summed E-state index contributed by atoms with van der Waals surface area (Å²) in [4.78, 5) is 5.47. The van der Waals surface area contributed by atoms with Crippen LogP contribution in [0.3, 0.4) is 0 Å². The van der Waals surface area contributed by atoms with E-state index in [2.05, 4.69) is 33.2 Å². The van der Waals surface area contributed by atoms with Crippen LogP contribution in [0.2, 0.25) is 0 Å². The van der Waals surface area contributed by atoms with E-state index in [0.29, 0.717) is 12.5 Å². The molecule has 1 aromatic heterocycles. The molecule has 0 amide bonds. The molecule has 0 unspecified atom stereocenters. The third kappa shape index (κ3) is 3.85. The number of aliphatic imine (C=N–C) groups is 1. The van der Waals surface area contributed by atoms with Gasteiger partial charge in [0.2, 0.25) is 0 Å². The van der Waals surface area contributed by atoms with Crippen molar-refractivity contribution in [1.82, 2.24) is 0 Å². The highest BCUT2D eigenvalue weighted by Gasteiger charge is 1.98. The molecule has 2 rings (SSSR count). The van der Waals surface area contributed by atoms with Crippen LogP contribution in [0, 0.1) is 6.92 Å². The fourth-order valence-electron chi connectivity index (χ4n) is 1.42. The maximum atomic E-state index is 5.83. The van der Waals surface area contributed by atoms with Crippen molar-refractivity contribution in [3.8, 4) is 0 Å². The van der Waals surface area contributed by atoms with Gasteiger partial charge in [-0.1, -0.05) is 17.7 Å². The summed E-state index contributed by atoms with van der Waals surface area (Å²) in [5.41, 5.74) is 8.00. The summed E-state index contributed by atoms with van der Waals surface area (Å²) in [5.74, 6) is 0.434. The monoisotopic (exact) mass is 323 g/mol. The van der Waals surface area contributed by atoms with Crippen molar-refractivity contribution in [1.29, 1.82) is 0 Å². The molecule has 0 aliphatic carbocycles. The molecular formula is C13H14BrN3S. The van der Waals surface area contributed by atoms with Crippen LogP contribution in [-0.2, 0) is 6.54 Å². The number of halogens is 1. The van der Waals surface area contributed by atoms with E-state index in [1.165, 1.54) is 10.4 Å². The minimum Gasteiger partial charge on any atom is -0.370 e. The van der Waals surface area contributed by atoms with Crippen LogP contribution in [0.15, 0.2) is 45.2 Å². The molecular weight excluding hydrogens is 310 g/mol. The maximum absolute atomic E-state index is 5.83. The Morgan fingerprint density at radius 2 is 2.00 bits per heavy atom. The number of nitrogens with two attached hydrogens (primary N) is 1. The highest BCUT2D eigenvalue weighted by atomic mass is 79.9. The molecule has 0 saturated carbocycles. The van der Waals surface area contributed by atoms with Gasteiger partial charge in [-0.05, 0) is 47.1 Å². The Balaban J connectivity index is 1.95. The van der Waals surface area contributed by atoms with Gasteiger partial charge in [-0.3, -0.25) is 0 Å². The predicted molar refractivity (Wildman–Crippen MR) is 82.1 cm³/mol. The van der Waals surface area contributed by atoms with E-state index in [0.717, 1.165) is 9.47 Å². The van der Waals surface area contributed by atoms with Crippen LogP contribution in [0.5, 0.6) is 0 Å². The lowest BCUT2D eigenvalue weighted by Crippen LogP contribution is -2.22. The quantitative estimate of drug-likeness (QED) is 0.667. The van der Waals surface area contributed by atoms with Crippen molar-refractivity contribution >= 4 is 38.9 Å². The smallest absolute Gasteiger partial charge is 0.193 e. The molecule has 5 heteroatoms. The van der Waals surface area contributed by atoms with E-state index in [9.17, 15) is 0 Å². The summed E-state index contributed by atoms with van der Waals surface area (Å²) in [7, 11) is 0. The normalized spacial score (nSPS) is 11.6. The van der Waals surface area contributed by atoms with Crippen molar-refractivity contribution < 1.29 is 0 Å². The molecule has 0 spiro atoms. The number of guanidine groups is 1. The zero-order valence-electron chi connectivity index (χ0n) is 9.98. The molecule has 0 fully saturated rings. The number of nitrogens with one attached hydrogen (secondary N) is 1. The molecule has 94 valence electrons. The van der Waals surface area contributed by atoms with Crippen molar-refractivity contribution in [2.75, 3.05) is 5.32 Å². The topological polar surface area (TPSA) is 50.4 Å². The lowest BCUT2D eigenvalue weighted by atomic mass is 10.2. The number of hydrogen-bond donors (Lipinski definition) is 2. The number of nitrogens with zero attached hydrogens (tertiary/aromatic N) is 1. The first-order chi connectivity index (χ1) is 8.63. The van der Waals surface area contributed by atoms with Crippen LogP contribution in [0.1, 0.15) is 10.4 Å². The van der Waals surface area contributed by atoms with E-state index in [1.54, 1.807) is 11.3 Å². The van der Waals surface area contributed by atoms with Crippen molar-refractivity contribution in [2.24, 2.45) is 10.7 Å². The molecule has 3 N–H and O–H groups in total. The number of anilines is 1. The Kier molecular flexibility index (Phi) is 4.38. The Hall–Kier alpha value is -1.33. The molecule has 1 aromatic carbocycles. The molecule has 0 atom stereocenters. The first kappa shape index (κ1) is 13.1. The van der Waals surface area contributed by atoms with Crippen LogP contribution in [0.4, 0.5) is 5.69 Å². The minimum absolute atomic E-state index is 0.434. The van der Waals surface area contributed by atoms with Gasteiger partial charge in [0, 0.05) is 10.6 Å². The molecule has 0 radical (unpaired) electrons.